The molecule has 1 aliphatic heterocycles. The molecule has 4 N–H and O–H groups in total. The second-order valence-corrected chi connectivity index (χ2v) is 11.0. The molecule has 29 heavy (non-hydrogen) atoms. The van der Waals surface area contributed by atoms with Crippen LogP contribution in [0.5, 0.6) is 0 Å². The fourth-order valence-corrected chi connectivity index (χ4v) is 5.48. The van der Waals surface area contributed by atoms with E-state index in [0.717, 1.165) is 0 Å². The number of nitrogens with one attached hydrogen (secondary N) is 1. The number of nitrogen functional groups attached to an aromatic ring is 1. The number of aliphatic hydroxyl groups excluding tert-OH is 1. The van der Waals surface area contributed by atoms with Gasteiger partial charge in [-0.2, -0.15) is 4.98 Å². The summed E-state index contributed by atoms with van der Waals surface area (Å²) in [4.78, 5) is 31.3. The Morgan fingerprint density at radius 2 is 2.21 bits per heavy atom. The minimum atomic E-state index is -3.32. The Hall–Kier alpha value is -1.46. The second kappa shape index (κ2) is 10.0. The molecule has 0 aliphatic carbocycles. The molecule has 0 aromatic carbocycles. The average Bonchev–Trinajstić information content (AvgIpc) is 2.98. The van der Waals surface area contributed by atoms with Gasteiger partial charge in [0.25, 0.3) is 7.52 Å². The van der Waals surface area contributed by atoms with Gasteiger partial charge < -0.3 is 20.1 Å². The van der Waals surface area contributed by atoms with Crippen LogP contribution in [0.15, 0.2) is 11.1 Å². The van der Waals surface area contributed by atoms with Gasteiger partial charge >= 0.3 is 11.7 Å². The summed E-state index contributed by atoms with van der Waals surface area (Å²) in [6.07, 6.45) is 0.795. The minimum Gasteiger partial charge on any atom is -0.464 e. The Labute approximate surface area is 173 Å². The number of carbonyl (C=O) groups is 1. The highest BCUT2D eigenvalue weighted by atomic mass is 32.2. The molecule has 1 aromatic rings. The Bertz CT molecular complexity index is 821. The lowest BCUT2D eigenvalue weighted by atomic mass is 10.2. The normalized spacial score (nSPS) is 25.0. The molecular weight excluding hydrogens is 421 g/mol. The lowest BCUT2D eigenvalue weighted by Gasteiger charge is -2.22. The van der Waals surface area contributed by atoms with Crippen LogP contribution in [0.2, 0.25) is 0 Å². The fourth-order valence-electron chi connectivity index (χ4n) is 2.62. The first kappa shape index (κ1) is 23.8. The Morgan fingerprint density at radius 1 is 1.52 bits per heavy atom. The van der Waals surface area contributed by atoms with Crippen molar-refractivity contribution in [2.24, 2.45) is 5.92 Å². The molecule has 1 aromatic heterocycles. The van der Waals surface area contributed by atoms with Gasteiger partial charge in [0, 0.05) is 13.1 Å². The lowest BCUT2D eigenvalue weighted by Crippen LogP contribution is -2.35. The monoisotopic (exact) mass is 449 g/mol. The van der Waals surface area contributed by atoms with E-state index >= 15 is 0 Å². The summed E-state index contributed by atoms with van der Waals surface area (Å²) in [5, 5.41) is 12.1. The molecule has 0 radical (unpaired) electrons. The molecule has 164 valence electrons. The van der Waals surface area contributed by atoms with Crippen LogP contribution in [0.3, 0.4) is 0 Å². The zero-order valence-electron chi connectivity index (χ0n) is 16.8. The van der Waals surface area contributed by atoms with Gasteiger partial charge in [0.2, 0.25) is 5.95 Å². The standard InChI is InChI=1S/C16H28N5O6PS/c1-9(2)6-26-14(23)10(3)20-28(4,25)27-7-12-11(22)5-13(29-12)21-8-18-15(17)19-16(21)24/h8-13,22H,5-7H2,1-4H3,(H,20,25)(H2,17,19,24)/t10-,11?,12+,13+,28+/m0/s1. The van der Waals surface area contributed by atoms with Gasteiger partial charge in [-0.3, -0.25) is 13.9 Å². The van der Waals surface area contributed by atoms with Gasteiger partial charge in [0.1, 0.15) is 12.4 Å². The summed E-state index contributed by atoms with van der Waals surface area (Å²) < 4.78 is 24.5. The number of nitrogens with two attached hydrogens (primary N) is 1. The molecule has 5 atom stereocenters. The van der Waals surface area contributed by atoms with Crippen LogP contribution >= 0.6 is 19.3 Å². The van der Waals surface area contributed by atoms with Gasteiger partial charge in [-0.25, -0.2) is 14.9 Å². The highest BCUT2D eigenvalue weighted by Crippen LogP contribution is 2.44. The van der Waals surface area contributed by atoms with Gasteiger partial charge in [-0.05, 0) is 12.8 Å². The minimum absolute atomic E-state index is 0.0263. The number of ether oxygens (including phenoxy) is 1. The third-order valence-corrected chi connectivity index (χ3v) is 7.12. The van der Waals surface area contributed by atoms with E-state index in [1.807, 2.05) is 13.8 Å². The first-order chi connectivity index (χ1) is 13.5. The number of anilines is 1. The third-order valence-electron chi connectivity index (χ3n) is 4.09. The Kier molecular flexibility index (Phi) is 8.24. The van der Waals surface area contributed by atoms with E-state index in [0.29, 0.717) is 0 Å². The topological polar surface area (TPSA) is 159 Å². The van der Waals surface area contributed by atoms with Crippen molar-refractivity contribution in [3.05, 3.63) is 16.8 Å². The van der Waals surface area contributed by atoms with E-state index in [2.05, 4.69) is 15.1 Å². The number of esters is 1. The van der Waals surface area contributed by atoms with E-state index in [4.69, 9.17) is 15.0 Å². The molecular formula is C16H28N5O6PS. The smallest absolute Gasteiger partial charge is 0.353 e. The van der Waals surface area contributed by atoms with Crippen molar-refractivity contribution in [1.82, 2.24) is 19.6 Å². The number of thioether (sulfide) groups is 1. The van der Waals surface area contributed by atoms with Crippen molar-refractivity contribution in [3.8, 4) is 0 Å². The first-order valence-corrected chi connectivity index (χ1v) is 12.2. The summed E-state index contributed by atoms with van der Waals surface area (Å²) in [5.41, 5.74) is 4.83. The van der Waals surface area contributed by atoms with Crippen LogP contribution in [-0.2, 0) is 18.6 Å². The molecule has 1 saturated heterocycles. The van der Waals surface area contributed by atoms with Crippen LogP contribution in [0, 0.1) is 5.92 Å². The molecule has 1 unspecified atom stereocenters. The maximum atomic E-state index is 12.7. The molecule has 11 nitrogen and oxygen atoms in total. The maximum Gasteiger partial charge on any atom is 0.353 e. The first-order valence-electron chi connectivity index (χ1n) is 9.19. The number of rotatable bonds is 9. The zero-order valence-corrected chi connectivity index (χ0v) is 18.6. The van der Waals surface area contributed by atoms with Crippen LogP contribution in [-0.4, -0.2) is 62.9 Å². The van der Waals surface area contributed by atoms with Gasteiger partial charge in [0.05, 0.1) is 29.9 Å². The number of hydrogen-bond donors (Lipinski definition) is 3. The predicted molar refractivity (Wildman–Crippen MR) is 110 cm³/mol. The van der Waals surface area contributed by atoms with Crippen molar-refractivity contribution in [2.75, 3.05) is 25.6 Å². The van der Waals surface area contributed by atoms with E-state index in [-0.39, 0.29) is 36.9 Å². The molecule has 0 bridgehead atoms. The van der Waals surface area contributed by atoms with E-state index in [9.17, 15) is 19.3 Å². The number of aliphatic hydroxyl groups is 1. The number of carbonyl (C=O) groups excluding carboxylic acids is 1. The van der Waals surface area contributed by atoms with Crippen molar-refractivity contribution in [3.63, 3.8) is 0 Å². The quantitative estimate of drug-likeness (QED) is 0.358. The molecule has 0 saturated carbocycles. The highest BCUT2D eigenvalue weighted by molar-refractivity contribution is 8.00. The Morgan fingerprint density at radius 3 is 2.83 bits per heavy atom. The molecule has 13 heteroatoms. The predicted octanol–water partition coefficient (Wildman–Crippen LogP) is 0.602. The van der Waals surface area contributed by atoms with Crippen LogP contribution in [0.4, 0.5) is 5.95 Å². The van der Waals surface area contributed by atoms with Crippen LogP contribution < -0.4 is 16.5 Å². The third kappa shape index (κ3) is 7.07. The average molecular weight is 449 g/mol. The van der Waals surface area contributed by atoms with Crippen LogP contribution in [0.25, 0.3) is 0 Å². The van der Waals surface area contributed by atoms with E-state index in [1.165, 1.54) is 29.3 Å². The molecule has 0 amide bonds. The summed E-state index contributed by atoms with van der Waals surface area (Å²) in [6.45, 7) is 7.00. The Balaban J connectivity index is 1.88. The molecule has 0 spiro atoms. The SMILES string of the molecule is CC(C)COC(=O)[C@H](C)N[P@](C)(=O)OC[C@H]1S[C@@H](n2cnc(N)nc2=O)CC1O. The van der Waals surface area contributed by atoms with E-state index < -0.39 is 36.6 Å². The van der Waals surface area contributed by atoms with Gasteiger partial charge in [0.15, 0.2) is 0 Å². The molecule has 2 rings (SSSR count). The largest absolute Gasteiger partial charge is 0.464 e. The van der Waals surface area contributed by atoms with E-state index in [1.54, 1.807) is 6.92 Å². The fraction of sp³-hybridized carbons (Fsp3) is 0.750. The van der Waals surface area contributed by atoms with Crippen molar-refractivity contribution < 1.29 is 23.7 Å². The lowest BCUT2D eigenvalue weighted by molar-refractivity contribution is -0.146. The summed E-state index contributed by atoms with van der Waals surface area (Å²) >= 11 is 1.30. The summed E-state index contributed by atoms with van der Waals surface area (Å²) in [7, 11) is -3.32. The van der Waals surface area contributed by atoms with Gasteiger partial charge in [-0.1, -0.05) is 13.8 Å². The molecule has 1 aliphatic rings. The molecule has 2 heterocycles. The van der Waals surface area contributed by atoms with Crippen molar-refractivity contribution in [2.45, 2.75) is 50.0 Å². The molecule has 1 fully saturated rings. The second-order valence-electron chi connectivity index (χ2n) is 7.35. The number of nitrogens with zero attached hydrogens (tertiary/aromatic N) is 3. The maximum absolute atomic E-state index is 12.7. The van der Waals surface area contributed by atoms with Crippen LogP contribution in [0.1, 0.15) is 32.6 Å². The summed E-state index contributed by atoms with van der Waals surface area (Å²) in [6, 6.07) is -0.802. The van der Waals surface area contributed by atoms with Crippen molar-refractivity contribution in [1.29, 1.82) is 0 Å². The van der Waals surface area contributed by atoms with Crippen molar-refractivity contribution >= 4 is 31.2 Å². The van der Waals surface area contributed by atoms with Gasteiger partial charge in [-0.15, -0.1) is 11.8 Å². The number of aromatic nitrogens is 3. The zero-order chi connectivity index (χ0) is 21.8. The number of hydrogen-bond acceptors (Lipinski definition) is 10. The summed E-state index contributed by atoms with van der Waals surface area (Å²) in [5.74, 6) is -0.431. The highest BCUT2D eigenvalue weighted by Gasteiger charge is 2.37.